The van der Waals surface area contributed by atoms with Gasteiger partial charge >= 0.3 is 5.97 Å². The quantitative estimate of drug-likeness (QED) is 0.625. The monoisotopic (exact) mass is 295 g/mol. The Hall–Kier alpha value is -1.17. The number of nitrogens with one attached hydrogen (secondary N) is 1. The lowest BCUT2D eigenvalue weighted by Crippen LogP contribution is -2.50. The van der Waals surface area contributed by atoms with E-state index in [0.29, 0.717) is 6.42 Å². The first-order chi connectivity index (χ1) is 9.13. The van der Waals surface area contributed by atoms with Crippen molar-refractivity contribution in [1.82, 2.24) is 5.48 Å². The summed E-state index contributed by atoms with van der Waals surface area (Å²) in [4.78, 5) is 11.3. The highest BCUT2D eigenvalue weighted by molar-refractivity contribution is 6.74. The van der Waals surface area contributed by atoms with Crippen LogP contribution in [0.3, 0.4) is 0 Å². The summed E-state index contributed by atoms with van der Waals surface area (Å²) in [7, 11) is -2.01. The average Bonchev–Trinajstić information content (AvgIpc) is 2.34. The van der Waals surface area contributed by atoms with Gasteiger partial charge in [-0.25, -0.2) is 0 Å². The van der Waals surface area contributed by atoms with Crippen molar-refractivity contribution in [2.75, 3.05) is 0 Å². The van der Waals surface area contributed by atoms with Crippen LogP contribution in [0, 0.1) is 0 Å². The molecule has 0 radical (unpaired) electrons. The molecule has 0 spiro atoms. The third-order valence-electron chi connectivity index (χ3n) is 3.84. The summed E-state index contributed by atoms with van der Waals surface area (Å²) < 4.78 is 5.80. The summed E-state index contributed by atoms with van der Waals surface area (Å²) in [6.45, 7) is 10.5. The van der Waals surface area contributed by atoms with Crippen molar-refractivity contribution in [3.8, 4) is 0 Å². The van der Waals surface area contributed by atoms with Crippen molar-refractivity contribution in [2.24, 2.45) is 0 Å². The molecule has 0 amide bonds. The van der Waals surface area contributed by atoms with Crippen LogP contribution in [-0.4, -0.2) is 25.4 Å². The molecule has 0 fully saturated rings. The summed E-state index contributed by atoms with van der Waals surface area (Å²) >= 11 is 0. The number of carboxylic acids is 1. The largest absolute Gasteiger partial charge is 0.480 e. The normalized spacial score (nSPS) is 14.1. The second-order valence-electron chi connectivity index (χ2n) is 6.56. The first-order valence-electron chi connectivity index (χ1n) is 6.84. The molecule has 2 N–H and O–H groups in total. The Kier molecular flexibility index (Phi) is 5.50. The van der Waals surface area contributed by atoms with Gasteiger partial charge in [-0.15, -0.1) is 0 Å². The fourth-order valence-electron chi connectivity index (χ4n) is 1.40. The summed E-state index contributed by atoms with van der Waals surface area (Å²) in [5, 5.41) is 9.34. The highest BCUT2D eigenvalue weighted by atomic mass is 28.4. The Morgan fingerprint density at radius 3 is 2.30 bits per heavy atom. The molecule has 0 aromatic heterocycles. The van der Waals surface area contributed by atoms with Crippen molar-refractivity contribution in [1.29, 1.82) is 0 Å². The predicted molar refractivity (Wildman–Crippen MR) is 83.0 cm³/mol. The molecule has 1 unspecified atom stereocenters. The molecule has 0 heterocycles. The lowest BCUT2D eigenvalue weighted by atomic mass is 10.1. The minimum absolute atomic E-state index is 0.0375. The number of hydrogen-bond acceptors (Lipinski definition) is 3. The molecule has 1 aromatic rings. The SMILES string of the molecule is CC(C)(C)[Si](C)(C)ONC(Cc1ccccc1)C(=O)O. The van der Waals surface area contributed by atoms with E-state index in [0.717, 1.165) is 5.56 Å². The van der Waals surface area contributed by atoms with E-state index in [1.165, 1.54) is 0 Å². The van der Waals surface area contributed by atoms with E-state index in [1.807, 2.05) is 30.3 Å². The van der Waals surface area contributed by atoms with Crippen molar-refractivity contribution in [3.63, 3.8) is 0 Å². The topological polar surface area (TPSA) is 58.6 Å². The highest BCUT2D eigenvalue weighted by Crippen LogP contribution is 2.35. The second kappa shape index (κ2) is 6.52. The van der Waals surface area contributed by atoms with Gasteiger partial charge in [0, 0.05) is 6.42 Å². The molecule has 5 heteroatoms. The summed E-state index contributed by atoms with van der Waals surface area (Å²) in [5.74, 6) is -0.896. The Morgan fingerprint density at radius 2 is 1.85 bits per heavy atom. The molecular weight excluding hydrogens is 270 g/mol. The molecule has 0 bridgehead atoms. The lowest BCUT2D eigenvalue weighted by Gasteiger charge is -2.36. The summed E-state index contributed by atoms with van der Waals surface area (Å²) in [6, 6.07) is 8.84. The second-order valence-corrected chi connectivity index (χ2v) is 11.3. The average molecular weight is 295 g/mol. The van der Waals surface area contributed by atoms with Gasteiger partial charge in [-0.05, 0) is 23.7 Å². The van der Waals surface area contributed by atoms with Crippen LogP contribution in [0.4, 0.5) is 0 Å². The molecular formula is C15H25NO3Si. The molecule has 1 atom stereocenters. The smallest absolute Gasteiger partial charge is 0.323 e. The van der Waals surface area contributed by atoms with Crippen LogP contribution >= 0.6 is 0 Å². The van der Waals surface area contributed by atoms with Gasteiger partial charge in [0.15, 0.2) is 0 Å². The van der Waals surface area contributed by atoms with Gasteiger partial charge in [-0.1, -0.05) is 51.1 Å². The van der Waals surface area contributed by atoms with Gasteiger partial charge in [-0.3, -0.25) is 4.79 Å². The van der Waals surface area contributed by atoms with E-state index >= 15 is 0 Å². The Balaban J connectivity index is 2.68. The first kappa shape index (κ1) is 16.9. The van der Waals surface area contributed by atoms with Gasteiger partial charge in [0.1, 0.15) is 6.04 Å². The number of rotatable bonds is 6. The van der Waals surface area contributed by atoms with Crippen LogP contribution in [0.2, 0.25) is 18.1 Å². The molecule has 112 valence electrons. The van der Waals surface area contributed by atoms with Crippen molar-refractivity contribution in [2.45, 2.75) is 51.4 Å². The number of hydroxylamine groups is 1. The van der Waals surface area contributed by atoms with Crippen LogP contribution in [0.15, 0.2) is 30.3 Å². The molecule has 20 heavy (non-hydrogen) atoms. The van der Waals surface area contributed by atoms with Crippen LogP contribution in [0.1, 0.15) is 26.3 Å². The van der Waals surface area contributed by atoms with Crippen LogP contribution < -0.4 is 5.48 Å². The predicted octanol–water partition coefficient (Wildman–Crippen LogP) is 3.21. The van der Waals surface area contributed by atoms with Crippen LogP contribution in [0.5, 0.6) is 0 Å². The summed E-state index contributed by atoms with van der Waals surface area (Å²) in [5.41, 5.74) is 3.75. The molecule has 1 rings (SSSR count). The minimum atomic E-state index is -2.01. The standard InChI is InChI=1S/C15H25NO3Si/c1-15(2,3)20(4,5)19-16-13(14(17)18)11-12-9-7-6-8-10-12/h6-10,13,16H,11H2,1-5H3,(H,17,18). The molecule has 0 saturated heterocycles. The number of benzene rings is 1. The molecule has 0 saturated carbocycles. The number of aliphatic carboxylic acids is 1. The Bertz CT molecular complexity index is 440. The summed E-state index contributed by atoms with van der Waals surface area (Å²) in [6.07, 6.45) is 0.408. The van der Waals surface area contributed by atoms with Gasteiger partial charge in [0.05, 0.1) is 0 Å². The van der Waals surface area contributed by atoms with Crippen molar-refractivity contribution >= 4 is 14.3 Å². The molecule has 0 aliphatic heterocycles. The third-order valence-corrected chi connectivity index (χ3v) is 8.08. The fourth-order valence-corrected chi connectivity index (χ4v) is 2.14. The van der Waals surface area contributed by atoms with Gasteiger partial charge in [-0.2, -0.15) is 5.48 Å². The van der Waals surface area contributed by atoms with Gasteiger partial charge < -0.3 is 9.63 Å². The van der Waals surface area contributed by atoms with Crippen molar-refractivity contribution in [3.05, 3.63) is 35.9 Å². The highest BCUT2D eigenvalue weighted by Gasteiger charge is 2.39. The van der Waals surface area contributed by atoms with Crippen molar-refractivity contribution < 1.29 is 14.4 Å². The molecule has 0 aliphatic rings. The van der Waals surface area contributed by atoms with E-state index < -0.39 is 20.3 Å². The van der Waals surface area contributed by atoms with E-state index in [9.17, 15) is 9.90 Å². The molecule has 0 aliphatic carbocycles. The molecule has 1 aromatic carbocycles. The van der Waals surface area contributed by atoms with E-state index in [1.54, 1.807) is 0 Å². The number of carboxylic acid groups (broad SMARTS) is 1. The lowest BCUT2D eigenvalue weighted by molar-refractivity contribution is -0.141. The zero-order valence-corrected chi connectivity index (χ0v) is 13.9. The Labute approximate surface area is 122 Å². The van der Waals surface area contributed by atoms with E-state index in [4.69, 9.17) is 4.53 Å². The Morgan fingerprint density at radius 1 is 1.30 bits per heavy atom. The van der Waals surface area contributed by atoms with E-state index in [-0.39, 0.29) is 5.04 Å². The number of carbonyl (C=O) groups is 1. The fraction of sp³-hybridized carbons (Fsp3) is 0.533. The van der Waals surface area contributed by atoms with E-state index in [2.05, 4.69) is 39.3 Å². The van der Waals surface area contributed by atoms with Crippen LogP contribution in [-0.2, 0) is 15.7 Å². The first-order valence-corrected chi connectivity index (χ1v) is 9.74. The number of hydrogen-bond donors (Lipinski definition) is 2. The zero-order valence-electron chi connectivity index (χ0n) is 12.9. The maximum atomic E-state index is 11.3. The maximum absolute atomic E-state index is 11.3. The van der Waals surface area contributed by atoms with Gasteiger partial charge in [0.25, 0.3) is 0 Å². The zero-order chi connectivity index (χ0) is 15.4. The maximum Gasteiger partial charge on any atom is 0.323 e. The van der Waals surface area contributed by atoms with Crippen LogP contribution in [0.25, 0.3) is 0 Å². The third kappa shape index (κ3) is 4.74. The molecule has 4 nitrogen and oxygen atoms in total. The van der Waals surface area contributed by atoms with Gasteiger partial charge in [0.2, 0.25) is 8.32 Å². The minimum Gasteiger partial charge on any atom is -0.480 e.